The highest BCUT2D eigenvalue weighted by Gasteiger charge is 2.12. The molecule has 0 saturated carbocycles. The molecule has 2 aromatic heterocycles. The van der Waals surface area contributed by atoms with Crippen molar-refractivity contribution in [2.45, 2.75) is 4.90 Å². The number of sulfone groups is 1. The summed E-state index contributed by atoms with van der Waals surface area (Å²) >= 11 is 0. The minimum absolute atomic E-state index is 0.324. The first-order valence-corrected chi connectivity index (χ1v) is 5.59. The normalized spacial score (nSPS) is 12.1. The molecule has 0 aliphatic rings. The number of H-pyrrole nitrogens is 1. The van der Waals surface area contributed by atoms with Gasteiger partial charge in [-0.2, -0.15) is 0 Å². The van der Waals surface area contributed by atoms with Gasteiger partial charge in [0.25, 0.3) is 0 Å². The zero-order chi connectivity index (χ0) is 9.47. The van der Waals surface area contributed by atoms with Crippen LogP contribution in [0, 0.1) is 0 Å². The lowest BCUT2D eigenvalue weighted by Gasteiger charge is -1.93. The first kappa shape index (κ1) is 8.25. The third-order valence-corrected chi connectivity index (χ3v) is 2.98. The summed E-state index contributed by atoms with van der Waals surface area (Å²) in [5, 5.41) is 0.692. The first-order valence-electron chi connectivity index (χ1n) is 3.70. The van der Waals surface area contributed by atoms with Gasteiger partial charge in [0.1, 0.15) is 0 Å². The van der Waals surface area contributed by atoms with Gasteiger partial charge in [-0.25, -0.2) is 8.42 Å². The van der Waals surface area contributed by atoms with Crippen LogP contribution in [0.5, 0.6) is 0 Å². The topological polar surface area (TPSA) is 62.8 Å². The number of aromatic amines is 1. The third-order valence-electron chi connectivity index (χ3n) is 1.84. The van der Waals surface area contributed by atoms with Crippen molar-refractivity contribution in [1.29, 1.82) is 0 Å². The molecule has 0 amide bonds. The minimum Gasteiger partial charge on any atom is -0.359 e. The van der Waals surface area contributed by atoms with Crippen LogP contribution in [0.15, 0.2) is 29.6 Å². The van der Waals surface area contributed by atoms with Crippen LogP contribution in [-0.2, 0) is 9.84 Å². The Labute approximate surface area is 75.5 Å². The highest BCUT2D eigenvalue weighted by atomic mass is 32.2. The summed E-state index contributed by atoms with van der Waals surface area (Å²) in [5.74, 6) is 0. The van der Waals surface area contributed by atoms with Crippen molar-refractivity contribution in [3.05, 3.63) is 24.7 Å². The van der Waals surface area contributed by atoms with Gasteiger partial charge in [0, 0.05) is 24.0 Å². The molecule has 0 atom stereocenters. The Morgan fingerprint density at radius 2 is 2.23 bits per heavy atom. The molecule has 0 bridgehead atoms. The quantitative estimate of drug-likeness (QED) is 0.739. The van der Waals surface area contributed by atoms with E-state index in [0.717, 1.165) is 5.52 Å². The van der Waals surface area contributed by atoms with E-state index < -0.39 is 9.84 Å². The first-order chi connectivity index (χ1) is 6.09. The number of hydrogen-bond donors (Lipinski definition) is 1. The van der Waals surface area contributed by atoms with Crippen LogP contribution < -0.4 is 0 Å². The highest BCUT2D eigenvalue weighted by Crippen LogP contribution is 2.20. The molecular weight excluding hydrogens is 188 g/mol. The summed E-state index contributed by atoms with van der Waals surface area (Å²) in [4.78, 5) is 7.06. The van der Waals surface area contributed by atoms with E-state index in [9.17, 15) is 8.42 Å². The summed E-state index contributed by atoms with van der Waals surface area (Å²) in [7, 11) is -3.15. The van der Waals surface area contributed by atoms with Crippen molar-refractivity contribution in [1.82, 2.24) is 9.97 Å². The smallest absolute Gasteiger partial charge is 0.177 e. The average Bonchev–Trinajstić information content (AvgIpc) is 2.45. The van der Waals surface area contributed by atoms with Crippen LogP contribution in [0.2, 0.25) is 0 Å². The average molecular weight is 196 g/mol. The fraction of sp³-hybridized carbons (Fsp3) is 0.125. The van der Waals surface area contributed by atoms with Crippen LogP contribution in [0.25, 0.3) is 10.9 Å². The van der Waals surface area contributed by atoms with E-state index in [2.05, 4.69) is 9.97 Å². The molecular formula is C8H8N2O2S. The minimum atomic E-state index is -3.15. The monoisotopic (exact) mass is 196 g/mol. The van der Waals surface area contributed by atoms with E-state index in [4.69, 9.17) is 0 Å². The number of rotatable bonds is 1. The predicted molar refractivity (Wildman–Crippen MR) is 49.2 cm³/mol. The standard InChI is InChI=1S/C8H8N2O2S/c1-13(11,12)8-5-10-7-4-9-3-2-6(7)8/h2-5,10H,1H3. The number of fused-ring (bicyclic) bond motifs is 1. The van der Waals surface area contributed by atoms with E-state index in [1.165, 1.54) is 12.5 Å². The van der Waals surface area contributed by atoms with Crippen molar-refractivity contribution < 1.29 is 8.42 Å². The molecule has 2 aromatic rings. The van der Waals surface area contributed by atoms with Gasteiger partial charge in [0.15, 0.2) is 9.84 Å². The Balaban J connectivity index is 2.87. The van der Waals surface area contributed by atoms with Gasteiger partial charge in [-0.3, -0.25) is 4.98 Å². The molecule has 68 valence electrons. The molecule has 0 aliphatic carbocycles. The number of pyridine rings is 1. The van der Waals surface area contributed by atoms with Gasteiger partial charge in [-0.15, -0.1) is 0 Å². The molecule has 0 saturated heterocycles. The summed E-state index contributed by atoms with van der Waals surface area (Å²) < 4.78 is 22.5. The van der Waals surface area contributed by atoms with Gasteiger partial charge >= 0.3 is 0 Å². The maximum absolute atomic E-state index is 11.3. The molecule has 0 unspecified atom stereocenters. The van der Waals surface area contributed by atoms with E-state index >= 15 is 0 Å². The largest absolute Gasteiger partial charge is 0.359 e. The Hall–Kier alpha value is -1.36. The van der Waals surface area contributed by atoms with Crippen molar-refractivity contribution >= 4 is 20.7 Å². The Morgan fingerprint density at radius 3 is 2.92 bits per heavy atom. The Morgan fingerprint density at radius 1 is 1.46 bits per heavy atom. The fourth-order valence-electron chi connectivity index (χ4n) is 1.25. The molecule has 0 fully saturated rings. The lowest BCUT2D eigenvalue weighted by atomic mass is 10.3. The van der Waals surface area contributed by atoms with Crippen LogP contribution >= 0.6 is 0 Å². The Bertz CT molecular complexity index is 542. The number of nitrogens with one attached hydrogen (secondary N) is 1. The second-order valence-corrected chi connectivity index (χ2v) is 4.83. The Kier molecular flexibility index (Phi) is 1.63. The molecule has 13 heavy (non-hydrogen) atoms. The van der Waals surface area contributed by atoms with Crippen LogP contribution in [0.4, 0.5) is 0 Å². The number of aromatic nitrogens is 2. The van der Waals surface area contributed by atoms with Crippen LogP contribution in [0.1, 0.15) is 0 Å². The van der Waals surface area contributed by atoms with E-state index in [1.54, 1.807) is 18.5 Å². The zero-order valence-corrected chi connectivity index (χ0v) is 7.80. The lowest BCUT2D eigenvalue weighted by molar-refractivity contribution is 0.602. The number of hydrogen-bond acceptors (Lipinski definition) is 3. The molecule has 1 N–H and O–H groups in total. The predicted octanol–water partition coefficient (Wildman–Crippen LogP) is 0.966. The van der Waals surface area contributed by atoms with Crippen molar-refractivity contribution in [3.8, 4) is 0 Å². The summed E-state index contributed by atoms with van der Waals surface area (Å²) in [6.07, 6.45) is 5.85. The summed E-state index contributed by atoms with van der Waals surface area (Å²) in [6.45, 7) is 0. The maximum Gasteiger partial charge on any atom is 0.177 e. The van der Waals surface area contributed by atoms with Crippen molar-refractivity contribution in [2.24, 2.45) is 0 Å². The van der Waals surface area contributed by atoms with Gasteiger partial charge in [0.05, 0.1) is 16.6 Å². The highest BCUT2D eigenvalue weighted by molar-refractivity contribution is 7.91. The van der Waals surface area contributed by atoms with Gasteiger partial charge in [-0.05, 0) is 6.07 Å². The number of nitrogens with zero attached hydrogens (tertiary/aromatic N) is 1. The molecule has 5 heteroatoms. The fourth-order valence-corrected chi connectivity index (χ4v) is 2.10. The molecule has 0 spiro atoms. The van der Waals surface area contributed by atoms with Crippen LogP contribution in [-0.4, -0.2) is 24.6 Å². The molecule has 2 rings (SSSR count). The lowest BCUT2D eigenvalue weighted by Crippen LogP contribution is -1.94. The van der Waals surface area contributed by atoms with E-state index in [0.29, 0.717) is 10.3 Å². The molecule has 0 aromatic carbocycles. The molecule has 2 heterocycles. The van der Waals surface area contributed by atoms with Crippen molar-refractivity contribution in [2.75, 3.05) is 6.26 Å². The van der Waals surface area contributed by atoms with Crippen LogP contribution in [0.3, 0.4) is 0 Å². The van der Waals surface area contributed by atoms with E-state index in [1.807, 2.05) is 0 Å². The molecule has 4 nitrogen and oxygen atoms in total. The summed E-state index contributed by atoms with van der Waals surface area (Å²) in [5.41, 5.74) is 0.739. The molecule has 0 radical (unpaired) electrons. The SMILES string of the molecule is CS(=O)(=O)c1c[nH]c2cnccc12. The maximum atomic E-state index is 11.3. The van der Waals surface area contributed by atoms with E-state index in [-0.39, 0.29) is 0 Å². The van der Waals surface area contributed by atoms with Gasteiger partial charge in [-0.1, -0.05) is 0 Å². The second-order valence-electron chi connectivity index (χ2n) is 2.85. The second kappa shape index (κ2) is 2.56. The van der Waals surface area contributed by atoms with Gasteiger partial charge < -0.3 is 4.98 Å². The summed E-state index contributed by atoms with van der Waals surface area (Å²) in [6, 6.07) is 1.68. The van der Waals surface area contributed by atoms with Crippen molar-refractivity contribution in [3.63, 3.8) is 0 Å². The van der Waals surface area contributed by atoms with Gasteiger partial charge in [0.2, 0.25) is 0 Å². The molecule has 0 aliphatic heterocycles. The zero-order valence-electron chi connectivity index (χ0n) is 6.98. The third kappa shape index (κ3) is 1.31.